The number of unbranched alkanes of at least 4 members (excludes halogenated alkanes) is 37. The second-order valence-corrected chi connectivity index (χ2v) is 15.9. The molecule has 0 aromatic carbocycles. The fourth-order valence-electron chi connectivity index (χ4n) is 7.57. The van der Waals surface area contributed by atoms with Gasteiger partial charge >= 0.3 is 19.5 Å². The van der Waals surface area contributed by atoms with Gasteiger partial charge in [-0.2, -0.15) is 0 Å². The SMILES string of the molecule is CCCCCCCCCCCCCCCCCCN(CCCCCCCCCC)CCCCCCCCCCCCCCCCCC.[Ru+3]. The van der Waals surface area contributed by atoms with Gasteiger partial charge < -0.3 is 4.90 Å². The predicted octanol–water partition coefficient (Wildman–Crippen LogP) is 16.9. The Kier molecular flexibility index (Phi) is 50.3. The van der Waals surface area contributed by atoms with Gasteiger partial charge in [-0.1, -0.05) is 258 Å². The average Bonchev–Trinajstić information content (AvgIpc) is 3.08. The maximum absolute atomic E-state index is 2.87. The molecule has 0 unspecified atom stereocenters. The van der Waals surface area contributed by atoms with Crippen molar-refractivity contribution in [1.29, 1.82) is 0 Å². The molecule has 0 aliphatic heterocycles. The first-order chi connectivity index (χ1) is 23.3. The van der Waals surface area contributed by atoms with Crippen molar-refractivity contribution >= 4 is 0 Å². The van der Waals surface area contributed by atoms with E-state index in [-0.39, 0.29) is 19.5 Å². The monoisotopic (exact) mass is 764 g/mol. The van der Waals surface area contributed by atoms with Crippen LogP contribution in [0.1, 0.15) is 278 Å². The van der Waals surface area contributed by atoms with Crippen molar-refractivity contribution in [3.8, 4) is 0 Å². The van der Waals surface area contributed by atoms with Crippen molar-refractivity contribution in [2.24, 2.45) is 0 Å². The number of rotatable bonds is 43. The largest absolute Gasteiger partial charge is 3.00 e. The fourth-order valence-corrected chi connectivity index (χ4v) is 7.57. The molecular formula is C46H95NRu+3. The van der Waals surface area contributed by atoms with Crippen molar-refractivity contribution in [3.63, 3.8) is 0 Å². The van der Waals surface area contributed by atoms with Gasteiger partial charge in [0.1, 0.15) is 0 Å². The molecule has 0 saturated heterocycles. The Morgan fingerprint density at radius 3 is 0.458 bits per heavy atom. The molecule has 0 heterocycles. The van der Waals surface area contributed by atoms with Crippen molar-refractivity contribution < 1.29 is 19.5 Å². The van der Waals surface area contributed by atoms with Crippen LogP contribution < -0.4 is 0 Å². The van der Waals surface area contributed by atoms with E-state index in [9.17, 15) is 0 Å². The molecule has 0 aliphatic carbocycles. The van der Waals surface area contributed by atoms with Crippen LogP contribution in [0.4, 0.5) is 0 Å². The van der Waals surface area contributed by atoms with Crippen LogP contribution in [0.5, 0.6) is 0 Å². The summed E-state index contributed by atoms with van der Waals surface area (Å²) in [6.45, 7) is 11.1. The Morgan fingerprint density at radius 2 is 0.312 bits per heavy atom. The molecule has 0 bridgehead atoms. The van der Waals surface area contributed by atoms with Gasteiger partial charge in [-0.15, -0.1) is 0 Å². The van der Waals surface area contributed by atoms with Gasteiger partial charge in [-0.05, 0) is 38.9 Å². The maximum atomic E-state index is 2.87. The minimum absolute atomic E-state index is 0. The summed E-state index contributed by atoms with van der Waals surface area (Å²) < 4.78 is 0. The van der Waals surface area contributed by atoms with Crippen LogP contribution in [0, 0.1) is 0 Å². The summed E-state index contributed by atoms with van der Waals surface area (Å²) in [5, 5.41) is 0. The zero-order valence-electron chi connectivity index (χ0n) is 34.2. The van der Waals surface area contributed by atoms with Gasteiger partial charge in [0.15, 0.2) is 0 Å². The van der Waals surface area contributed by atoms with E-state index in [1.165, 1.54) is 276 Å². The molecule has 0 saturated carbocycles. The van der Waals surface area contributed by atoms with Crippen LogP contribution in [0.25, 0.3) is 0 Å². The second-order valence-electron chi connectivity index (χ2n) is 15.9. The van der Waals surface area contributed by atoms with E-state index in [1.807, 2.05) is 0 Å². The van der Waals surface area contributed by atoms with Gasteiger partial charge in [0.05, 0.1) is 0 Å². The molecule has 0 aliphatic rings. The van der Waals surface area contributed by atoms with E-state index in [2.05, 4.69) is 25.7 Å². The molecular weight excluding hydrogens is 668 g/mol. The number of nitrogens with zero attached hydrogens (tertiary/aromatic N) is 1. The van der Waals surface area contributed by atoms with E-state index < -0.39 is 0 Å². The first-order valence-electron chi connectivity index (χ1n) is 23.1. The molecule has 0 amide bonds. The summed E-state index contributed by atoms with van der Waals surface area (Å²) in [5.74, 6) is 0. The molecule has 0 rings (SSSR count). The molecule has 0 fully saturated rings. The molecule has 0 atom stereocenters. The third-order valence-electron chi connectivity index (χ3n) is 11.0. The first kappa shape index (κ1) is 50.7. The van der Waals surface area contributed by atoms with Crippen LogP contribution in [-0.2, 0) is 19.5 Å². The van der Waals surface area contributed by atoms with E-state index in [0.717, 1.165) is 0 Å². The van der Waals surface area contributed by atoms with Crippen molar-refractivity contribution in [2.45, 2.75) is 278 Å². The van der Waals surface area contributed by atoms with Crippen molar-refractivity contribution in [2.75, 3.05) is 19.6 Å². The second kappa shape index (κ2) is 47.6. The number of hydrogen-bond acceptors (Lipinski definition) is 1. The summed E-state index contributed by atoms with van der Waals surface area (Å²) in [7, 11) is 0. The maximum Gasteiger partial charge on any atom is 3.00 e. The van der Waals surface area contributed by atoms with E-state index in [4.69, 9.17) is 0 Å². The zero-order chi connectivity index (χ0) is 34.0. The average molecular weight is 763 g/mol. The molecule has 48 heavy (non-hydrogen) atoms. The van der Waals surface area contributed by atoms with E-state index in [1.54, 1.807) is 0 Å². The molecule has 0 aromatic rings. The standard InChI is InChI=1S/C46H95N.Ru/c1-4-7-10-13-16-19-21-23-25-27-29-31-33-36-39-42-45-47(44-41-38-35-18-15-12-9-6-3)46-43-40-37-34-32-30-28-26-24-22-20-17-14-11-8-5-2;/h4-46H2,1-3H3;/q;+3. The Balaban J connectivity index is 0. The molecule has 0 spiro atoms. The van der Waals surface area contributed by atoms with Crippen LogP contribution in [0.15, 0.2) is 0 Å². The molecule has 0 aromatic heterocycles. The Bertz CT molecular complexity index is 486. The third kappa shape index (κ3) is 44.6. The van der Waals surface area contributed by atoms with Crippen LogP contribution in [0.2, 0.25) is 0 Å². The Labute approximate surface area is 320 Å². The van der Waals surface area contributed by atoms with Gasteiger partial charge in [0.2, 0.25) is 0 Å². The number of hydrogen-bond donors (Lipinski definition) is 0. The third-order valence-corrected chi connectivity index (χ3v) is 11.0. The topological polar surface area (TPSA) is 3.24 Å². The van der Waals surface area contributed by atoms with Crippen LogP contribution in [-0.4, -0.2) is 24.5 Å². The normalized spacial score (nSPS) is 11.5. The van der Waals surface area contributed by atoms with Gasteiger partial charge in [-0.25, -0.2) is 0 Å². The minimum atomic E-state index is 0. The summed E-state index contributed by atoms with van der Waals surface area (Å²) in [4.78, 5) is 2.87. The molecule has 1 nitrogen and oxygen atoms in total. The van der Waals surface area contributed by atoms with Crippen LogP contribution >= 0.6 is 0 Å². The minimum Gasteiger partial charge on any atom is -0.303 e. The van der Waals surface area contributed by atoms with E-state index >= 15 is 0 Å². The van der Waals surface area contributed by atoms with Crippen molar-refractivity contribution in [1.82, 2.24) is 4.90 Å². The summed E-state index contributed by atoms with van der Waals surface area (Å²) in [5.41, 5.74) is 0. The fraction of sp³-hybridized carbons (Fsp3) is 1.00. The van der Waals surface area contributed by atoms with Crippen LogP contribution in [0.3, 0.4) is 0 Å². The Morgan fingerprint density at radius 1 is 0.188 bits per heavy atom. The predicted molar refractivity (Wildman–Crippen MR) is 218 cm³/mol. The van der Waals surface area contributed by atoms with E-state index in [0.29, 0.717) is 0 Å². The summed E-state index contributed by atoms with van der Waals surface area (Å²) >= 11 is 0. The smallest absolute Gasteiger partial charge is 0.303 e. The molecule has 1 radical (unpaired) electrons. The first-order valence-corrected chi connectivity index (χ1v) is 23.1. The molecule has 289 valence electrons. The molecule has 0 N–H and O–H groups in total. The Hall–Kier alpha value is 0.583. The zero-order valence-corrected chi connectivity index (χ0v) is 35.9. The van der Waals surface area contributed by atoms with Gasteiger partial charge in [0, 0.05) is 0 Å². The van der Waals surface area contributed by atoms with Gasteiger partial charge in [-0.3, -0.25) is 0 Å². The summed E-state index contributed by atoms with van der Waals surface area (Å²) in [6.07, 6.45) is 58.6. The van der Waals surface area contributed by atoms with Gasteiger partial charge in [0.25, 0.3) is 0 Å². The summed E-state index contributed by atoms with van der Waals surface area (Å²) in [6, 6.07) is 0. The van der Waals surface area contributed by atoms with Crippen molar-refractivity contribution in [3.05, 3.63) is 0 Å². The molecule has 2 heteroatoms. The quantitative estimate of drug-likeness (QED) is 0.0442.